The fourth-order valence-corrected chi connectivity index (χ4v) is 2.45. The highest BCUT2D eigenvalue weighted by Crippen LogP contribution is 2.20. The highest BCUT2D eigenvalue weighted by Gasteiger charge is 2.27. The molecule has 1 heterocycles. The van der Waals surface area contributed by atoms with Crippen LogP contribution in [0.3, 0.4) is 0 Å². The van der Waals surface area contributed by atoms with E-state index >= 15 is 0 Å². The quantitative estimate of drug-likeness (QED) is 0.602. The number of nitrogens with one attached hydrogen (secondary N) is 2. The standard InChI is InChI=1S/C8H14N2O3S/c1-9-6(11)4-7-10-5(8(12)13)2-3-14-7/h5,7,10H,2-4H2,1H3,(H,9,11)(H,12,13). The third kappa shape index (κ3) is 3.19. The Hall–Kier alpha value is -0.750. The lowest BCUT2D eigenvalue weighted by Gasteiger charge is -2.27. The van der Waals surface area contributed by atoms with Crippen molar-refractivity contribution in [2.45, 2.75) is 24.3 Å². The van der Waals surface area contributed by atoms with E-state index in [4.69, 9.17) is 5.11 Å². The summed E-state index contributed by atoms with van der Waals surface area (Å²) in [6.07, 6.45) is 0.940. The molecule has 0 radical (unpaired) electrons. The summed E-state index contributed by atoms with van der Waals surface area (Å²) in [6.45, 7) is 0. The normalized spacial score (nSPS) is 26.9. The molecule has 1 aliphatic rings. The molecule has 0 saturated carbocycles. The first kappa shape index (κ1) is 11.3. The minimum Gasteiger partial charge on any atom is -0.480 e. The van der Waals surface area contributed by atoms with Gasteiger partial charge in [-0.3, -0.25) is 14.9 Å². The Morgan fingerprint density at radius 3 is 2.93 bits per heavy atom. The van der Waals surface area contributed by atoms with Crippen molar-refractivity contribution in [3.8, 4) is 0 Å². The smallest absolute Gasteiger partial charge is 0.320 e. The Morgan fingerprint density at radius 2 is 2.36 bits per heavy atom. The second kappa shape index (κ2) is 5.21. The van der Waals surface area contributed by atoms with Crippen LogP contribution < -0.4 is 10.6 Å². The number of carboxylic acids is 1. The Bertz CT molecular complexity index is 235. The van der Waals surface area contributed by atoms with Gasteiger partial charge in [-0.25, -0.2) is 0 Å². The summed E-state index contributed by atoms with van der Waals surface area (Å²) in [5.41, 5.74) is 0. The van der Waals surface area contributed by atoms with Crippen LogP contribution in [0.15, 0.2) is 0 Å². The molecule has 0 spiro atoms. The van der Waals surface area contributed by atoms with Crippen LogP contribution in [0, 0.1) is 0 Å². The van der Waals surface area contributed by atoms with Crippen LogP contribution in [0.5, 0.6) is 0 Å². The summed E-state index contributed by atoms with van der Waals surface area (Å²) in [4.78, 5) is 21.7. The highest BCUT2D eigenvalue weighted by atomic mass is 32.2. The fraction of sp³-hybridized carbons (Fsp3) is 0.750. The number of carboxylic acid groups (broad SMARTS) is 1. The summed E-state index contributed by atoms with van der Waals surface area (Å²) < 4.78 is 0. The van der Waals surface area contributed by atoms with Crippen molar-refractivity contribution in [2.24, 2.45) is 0 Å². The van der Waals surface area contributed by atoms with E-state index in [1.54, 1.807) is 18.8 Å². The van der Waals surface area contributed by atoms with Crippen LogP contribution in [0.25, 0.3) is 0 Å². The Labute approximate surface area is 86.6 Å². The first-order valence-electron chi connectivity index (χ1n) is 4.44. The molecule has 1 fully saturated rings. The second-order valence-electron chi connectivity index (χ2n) is 3.08. The fourth-order valence-electron chi connectivity index (χ4n) is 1.27. The summed E-state index contributed by atoms with van der Waals surface area (Å²) in [5.74, 6) is -0.126. The predicted octanol–water partition coefficient (Wildman–Crippen LogP) is -0.372. The number of carbonyl (C=O) groups is 2. The topological polar surface area (TPSA) is 78.4 Å². The number of thioether (sulfide) groups is 1. The van der Waals surface area contributed by atoms with Gasteiger partial charge in [-0.05, 0) is 12.2 Å². The number of hydrogen-bond donors (Lipinski definition) is 3. The largest absolute Gasteiger partial charge is 0.480 e. The number of hydrogen-bond acceptors (Lipinski definition) is 4. The Morgan fingerprint density at radius 1 is 1.64 bits per heavy atom. The van der Waals surface area contributed by atoms with Gasteiger partial charge in [-0.1, -0.05) is 0 Å². The van der Waals surface area contributed by atoms with Crippen LogP contribution in [0.2, 0.25) is 0 Å². The SMILES string of the molecule is CNC(=O)CC1NC(C(=O)O)CCS1. The molecule has 0 bridgehead atoms. The molecule has 80 valence electrons. The van der Waals surface area contributed by atoms with E-state index in [9.17, 15) is 9.59 Å². The van der Waals surface area contributed by atoms with Crippen molar-refractivity contribution in [3.63, 3.8) is 0 Å². The van der Waals surface area contributed by atoms with E-state index in [1.807, 2.05) is 0 Å². The lowest BCUT2D eigenvalue weighted by molar-refractivity contribution is -0.139. The van der Waals surface area contributed by atoms with Crippen molar-refractivity contribution < 1.29 is 14.7 Å². The van der Waals surface area contributed by atoms with Crippen molar-refractivity contribution in [3.05, 3.63) is 0 Å². The monoisotopic (exact) mass is 218 g/mol. The van der Waals surface area contributed by atoms with Crippen LogP contribution in [-0.2, 0) is 9.59 Å². The van der Waals surface area contributed by atoms with Gasteiger partial charge in [0.05, 0.1) is 11.8 Å². The van der Waals surface area contributed by atoms with Gasteiger partial charge in [-0.15, -0.1) is 11.8 Å². The van der Waals surface area contributed by atoms with E-state index in [2.05, 4.69) is 10.6 Å². The first-order valence-corrected chi connectivity index (χ1v) is 5.49. The van der Waals surface area contributed by atoms with Crippen LogP contribution >= 0.6 is 11.8 Å². The average Bonchev–Trinajstić information content (AvgIpc) is 2.18. The minimum absolute atomic E-state index is 0.0685. The molecule has 0 aliphatic carbocycles. The minimum atomic E-state index is -0.841. The van der Waals surface area contributed by atoms with Crippen LogP contribution in [-0.4, -0.2) is 41.2 Å². The van der Waals surface area contributed by atoms with Crippen LogP contribution in [0.1, 0.15) is 12.8 Å². The molecular formula is C8H14N2O3S. The molecule has 3 N–H and O–H groups in total. The van der Waals surface area contributed by atoms with Crippen LogP contribution in [0.4, 0.5) is 0 Å². The van der Waals surface area contributed by atoms with Gasteiger partial charge in [-0.2, -0.15) is 0 Å². The molecule has 2 atom stereocenters. The van der Waals surface area contributed by atoms with Crippen molar-refractivity contribution >= 4 is 23.6 Å². The van der Waals surface area contributed by atoms with E-state index < -0.39 is 12.0 Å². The highest BCUT2D eigenvalue weighted by molar-refractivity contribution is 7.99. The average molecular weight is 218 g/mol. The molecule has 1 aliphatic heterocycles. The van der Waals surface area contributed by atoms with Gasteiger partial charge in [0, 0.05) is 7.05 Å². The predicted molar refractivity (Wildman–Crippen MR) is 54.1 cm³/mol. The number of rotatable bonds is 3. The van der Waals surface area contributed by atoms with Gasteiger partial charge in [0.2, 0.25) is 5.91 Å². The summed E-state index contributed by atoms with van der Waals surface area (Å²) in [7, 11) is 1.57. The van der Waals surface area contributed by atoms with Crippen molar-refractivity contribution in [1.82, 2.24) is 10.6 Å². The van der Waals surface area contributed by atoms with Gasteiger partial charge in [0.25, 0.3) is 0 Å². The van der Waals surface area contributed by atoms with E-state index in [-0.39, 0.29) is 11.3 Å². The van der Waals surface area contributed by atoms with Crippen molar-refractivity contribution in [2.75, 3.05) is 12.8 Å². The molecule has 1 amide bonds. The Kier molecular flexibility index (Phi) is 4.21. The summed E-state index contributed by atoms with van der Waals surface area (Å²) >= 11 is 1.59. The molecule has 1 rings (SSSR count). The maximum absolute atomic E-state index is 11.0. The van der Waals surface area contributed by atoms with E-state index in [1.165, 1.54) is 0 Å². The second-order valence-corrected chi connectivity index (χ2v) is 4.39. The van der Waals surface area contributed by atoms with Crippen molar-refractivity contribution in [1.29, 1.82) is 0 Å². The zero-order valence-electron chi connectivity index (χ0n) is 7.95. The molecule has 1 saturated heterocycles. The third-order valence-electron chi connectivity index (χ3n) is 2.06. The van der Waals surface area contributed by atoms with Gasteiger partial charge in [0.15, 0.2) is 0 Å². The number of aliphatic carboxylic acids is 1. The summed E-state index contributed by atoms with van der Waals surface area (Å²) in [6, 6.07) is -0.508. The summed E-state index contributed by atoms with van der Waals surface area (Å²) in [5, 5.41) is 14.1. The molecule has 6 heteroatoms. The van der Waals surface area contributed by atoms with Gasteiger partial charge < -0.3 is 10.4 Å². The molecule has 0 aromatic heterocycles. The van der Waals surface area contributed by atoms with Gasteiger partial charge in [0.1, 0.15) is 6.04 Å². The molecule has 0 aromatic carbocycles. The maximum atomic E-state index is 11.0. The van der Waals surface area contributed by atoms with E-state index in [0.717, 1.165) is 5.75 Å². The third-order valence-corrected chi connectivity index (χ3v) is 3.24. The van der Waals surface area contributed by atoms with E-state index in [0.29, 0.717) is 12.8 Å². The molecule has 14 heavy (non-hydrogen) atoms. The lowest BCUT2D eigenvalue weighted by Crippen LogP contribution is -2.47. The maximum Gasteiger partial charge on any atom is 0.320 e. The molecular weight excluding hydrogens is 204 g/mol. The lowest BCUT2D eigenvalue weighted by atomic mass is 10.2. The molecule has 2 unspecified atom stereocenters. The molecule has 0 aromatic rings. The Balaban J connectivity index is 2.40. The van der Waals surface area contributed by atoms with Gasteiger partial charge >= 0.3 is 5.97 Å². The first-order chi connectivity index (χ1) is 6.63. The number of amides is 1. The zero-order chi connectivity index (χ0) is 10.6. The molecule has 5 nitrogen and oxygen atoms in total. The number of carbonyl (C=O) groups excluding carboxylic acids is 1. The zero-order valence-corrected chi connectivity index (χ0v) is 8.76.